The molecular weight excluding hydrogens is 266 g/mol. The zero-order valence-corrected chi connectivity index (χ0v) is 12.0. The van der Waals surface area contributed by atoms with Gasteiger partial charge in [0, 0.05) is 26.2 Å². The van der Waals surface area contributed by atoms with Gasteiger partial charge >= 0.3 is 0 Å². The number of aromatic nitrogens is 2. The van der Waals surface area contributed by atoms with Gasteiger partial charge in [-0.15, -0.1) is 0 Å². The molecule has 0 amide bonds. The topological polar surface area (TPSA) is 80.1 Å². The van der Waals surface area contributed by atoms with Gasteiger partial charge in [-0.1, -0.05) is 0 Å². The number of imidazole rings is 1. The molecular formula is C15H19N5O. The van der Waals surface area contributed by atoms with Crippen LogP contribution < -0.4 is 5.73 Å². The van der Waals surface area contributed by atoms with E-state index in [-0.39, 0.29) is 0 Å². The molecule has 110 valence electrons. The predicted molar refractivity (Wildman–Crippen MR) is 80.7 cm³/mol. The van der Waals surface area contributed by atoms with Crippen molar-refractivity contribution in [1.29, 1.82) is 5.26 Å². The Balaban J connectivity index is 1.70. The van der Waals surface area contributed by atoms with Crippen LogP contribution >= 0.6 is 0 Å². The Morgan fingerprint density at radius 3 is 2.86 bits per heavy atom. The maximum atomic E-state index is 9.01. The molecule has 0 saturated carbocycles. The number of nitriles is 1. The van der Waals surface area contributed by atoms with E-state index in [4.69, 9.17) is 15.7 Å². The molecule has 1 saturated heterocycles. The van der Waals surface area contributed by atoms with Crippen LogP contribution in [-0.2, 0) is 11.3 Å². The summed E-state index contributed by atoms with van der Waals surface area (Å²) in [7, 11) is 0. The molecule has 1 aliphatic heterocycles. The van der Waals surface area contributed by atoms with E-state index in [0.29, 0.717) is 11.5 Å². The highest BCUT2D eigenvalue weighted by molar-refractivity contribution is 5.79. The van der Waals surface area contributed by atoms with Gasteiger partial charge in [0.2, 0.25) is 5.95 Å². The predicted octanol–water partition coefficient (Wildman–Crippen LogP) is 1.21. The number of rotatable bonds is 4. The minimum atomic E-state index is 0.516. The summed E-state index contributed by atoms with van der Waals surface area (Å²) in [5, 5.41) is 9.01. The standard InChI is InChI=1S/C15H19N5O/c16-11-12-2-3-13-14(10-12)20(15(17)18-13)5-1-4-19-6-8-21-9-7-19/h2-3,10H,1,4-9H2,(H2,17,18). The number of nitrogens with zero attached hydrogens (tertiary/aromatic N) is 4. The second-order valence-corrected chi connectivity index (χ2v) is 5.24. The molecule has 6 heteroatoms. The summed E-state index contributed by atoms with van der Waals surface area (Å²) in [4.78, 5) is 6.75. The largest absolute Gasteiger partial charge is 0.379 e. The molecule has 0 spiro atoms. The van der Waals surface area contributed by atoms with Gasteiger partial charge < -0.3 is 15.0 Å². The fourth-order valence-electron chi connectivity index (χ4n) is 2.72. The lowest BCUT2D eigenvalue weighted by Gasteiger charge is -2.26. The van der Waals surface area contributed by atoms with E-state index in [2.05, 4.69) is 16.0 Å². The van der Waals surface area contributed by atoms with Crippen LogP contribution in [0.15, 0.2) is 18.2 Å². The van der Waals surface area contributed by atoms with Crippen LogP contribution in [0.5, 0.6) is 0 Å². The number of benzene rings is 1. The lowest BCUT2D eigenvalue weighted by Crippen LogP contribution is -2.37. The number of hydrogen-bond acceptors (Lipinski definition) is 5. The molecule has 1 fully saturated rings. The van der Waals surface area contributed by atoms with Crippen LogP contribution in [0.3, 0.4) is 0 Å². The van der Waals surface area contributed by atoms with Crippen molar-refractivity contribution in [3.63, 3.8) is 0 Å². The molecule has 0 unspecified atom stereocenters. The van der Waals surface area contributed by atoms with Crippen molar-refractivity contribution < 1.29 is 4.74 Å². The Morgan fingerprint density at radius 2 is 2.10 bits per heavy atom. The van der Waals surface area contributed by atoms with Crippen molar-refractivity contribution in [1.82, 2.24) is 14.5 Å². The first-order valence-electron chi connectivity index (χ1n) is 7.24. The highest BCUT2D eigenvalue weighted by Crippen LogP contribution is 2.19. The quantitative estimate of drug-likeness (QED) is 0.913. The average molecular weight is 285 g/mol. The summed E-state index contributed by atoms with van der Waals surface area (Å²) in [6, 6.07) is 7.63. The number of aryl methyl sites for hydroxylation is 1. The van der Waals surface area contributed by atoms with Crippen LogP contribution in [0, 0.1) is 11.3 Å². The van der Waals surface area contributed by atoms with E-state index in [1.807, 2.05) is 16.7 Å². The normalized spacial score (nSPS) is 16.1. The maximum absolute atomic E-state index is 9.01. The lowest BCUT2D eigenvalue weighted by atomic mass is 10.2. The summed E-state index contributed by atoms with van der Waals surface area (Å²) in [6.07, 6.45) is 1.01. The van der Waals surface area contributed by atoms with Crippen LogP contribution in [-0.4, -0.2) is 47.3 Å². The van der Waals surface area contributed by atoms with Crippen molar-refractivity contribution in [3.05, 3.63) is 23.8 Å². The summed E-state index contributed by atoms with van der Waals surface area (Å²) >= 11 is 0. The first-order chi connectivity index (χ1) is 10.3. The number of fused-ring (bicyclic) bond motifs is 1. The smallest absolute Gasteiger partial charge is 0.201 e. The maximum Gasteiger partial charge on any atom is 0.201 e. The molecule has 6 nitrogen and oxygen atoms in total. The highest BCUT2D eigenvalue weighted by atomic mass is 16.5. The number of morpholine rings is 1. The Labute approximate surface area is 123 Å². The van der Waals surface area contributed by atoms with Crippen molar-refractivity contribution >= 4 is 17.0 Å². The average Bonchev–Trinajstić information content (AvgIpc) is 2.83. The third-order valence-corrected chi connectivity index (χ3v) is 3.87. The molecule has 0 atom stereocenters. The number of nitrogen functional groups attached to an aromatic ring is 1. The van der Waals surface area contributed by atoms with Crippen LogP contribution in [0.4, 0.5) is 5.95 Å². The van der Waals surface area contributed by atoms with Gasteiger partial charge in [0.15, 0.2) is 0 Å². The van der Waals surface area contributed by atoms with Crippen LogP contribution in [0.2, 0.25) is 0 Å². The van der Waals surface area contributed by atoms with Gasteiger partial charge in [-0.2, -0.15) is 5.26 Å². The molecule has 1 aliphatic rings. The molecule has 2 aromatic rings. The summed E-state index contributed by atoms with van der Waals surface area (Å²) < 4.78 is 7.34. The number of hydrogen-bond donors (Lipinski definition) is 1. The second kappa shape index (κ2) is 6.12. The van der Waals surface area contributed by atoms with E-state index in [1.54, 1.807) is 6.07 Å². The SMILES string of the molecule is N#Cc1ccc2nc(N)n(CCCN3CCOCC3)c2c1. The first-order valence-corrected chi connectivity index (χ1v) is 7.24. The van der Waals surface area contributed by atoms with E-state index in [1.165, 1.54) is 0 Å². The monoisotopic (exact) mass is 285 g/mol. The zero-order chi connectivity index (χ0) is 14.7. The number of anilines is 1. The lowest BCUT2D eigenvalue weighted by molar-refractivity contribution is 0.0370. The third-order valence-electron chi connectivity index (χ3n) is 3.87. The first kappa shape index (κ1) is 13.9. The summed E-state index contributed by atoms with van der Waals surface area (Å²) in [6.45, 7) is 5.48. The number of ether oxygens (including phenoxy) is 1. The molecule has 0 bridgehead atoms. The van der Waals surface area contributed by atoms with E-state index >= 15 is 0 Å². The fourth-order valence-corrected chi connectivity index (χ4v) is 2.72. The third kappa shape index (κ3) is 2.99. The summed E-state index contributed by atoms with van der Waals surface area (Å²) in [5.74, 6) is 0.516. The highest BCUT2D eigenvalue weighted by Gasteiger charge is 2.12. The van der Waals surface area contributed by atoms with Gasteiger partial charge in [-0.3, -0.25) is 4.90 Å². The fraction of sp³-hybridized carbons (Fsp3) is 0.467. The van der Waals surface area contributed by atoms with Crippen molar-refractivity contribution in [2.75, 3.05) is 38.6 Å². The molecule has 3 rings (SSSR count). The minimum absolute atomic E-state index is 0.516. The molecule has 0 radical (unpaired) electrons. The molecule has 1 aromatic carbocycles. The van der Waals surface area contributed by atoms with Gasteiger partial charge in [0.25, 0.3) is 0 Å². The van der Waals surface area contributed by atoms with Gasteiger partial charge in [0.05, 0.1) is 35.9 Å². The Hall–Kier alpha value is -2.10. The molecule has 0 aliphatic carbocycles. The molecule has 21 heavy (non-hydrogen) atoms. The molecule has 1 aromatic heterocycles. The second-order valence-electron chi connectivity index (χ2n) is 5.24. The molecule has 2 heterocycles. The Bertz CT molecular complexity index is 666. The minimum Gasteiger partial charge on any atom is -0.379 e. The van der Waals surface area contributed by atoms with Crippen LogP contribution in [0.25, 0.3) is 11.0 Å². The Morgan fingerprint density at radius 1 is 1.29 bits per heavy atom. The zero-order valence-electron chi connectivity index (χ0n) is 12.0. The Kier molecular flexibility index (Phi) is 4.04. The van der Waals surface area contributed by atoms with Gasteiger partial charge in [-0.25, -0.2) is 4.98 Å². The summed E-state index contributed by atoms with van der Waals surface area (Å²) in [5.41, 5.74) is 8.42. The van der Waals surface area contributed by atoms with E-state index in [9.17, 15) is 0 Å². The van der Waals surface area contributed by atoms with Crippen molar-refractivity contribution in [2.45, 2.75) is 13.0 Å². The van der Waals surface area contributed by atoms with Gasteiger partial charge in [-0.05, 0) is 24.6 Å². The van der Waals surface area contributed by atoms with E-state index in [0.717, 1.165) is 56.8 Å². The molecule has 2 N–H and O–H groups in total. The number of nitrogens with two attached hydrogens (primary N) is 1. The van der Waals surface area contributed by atoms with E-state index < -0.39 is 0 Å². The van der Waals surface area contributed by atoms with Crippen LogP contribution in [0.1, 0.15) is 12.0 Å². The van der Waals surface area contributed by atoms with Gasteiger partial charge in [0.1, 0.15) is 0 Å². The van der Waals surface area contributed by atoms with Crippen molar-refractivity contribution in [2.24, 2.45) is 0 Å². The van der Waals surface area contributed by atoms with Crippen molar-refractivity contribution in [3.8, 4) is 6.07 Å².